The third kappa shape index (κ3) is 4.62. The van der Waals surface area contributed by atoms with Crippen LogP contribution in [0.5, 0.6) is 0 Å². The molecule has 0 aliphatic rings. The lowest BCUT2D eigenvalue weighted by atomic mass is 10.1. The number of rotatable bonds is 7. The van der Waals surface area contributed by atoms with Gasteiger partial charge in [-0.1, -0.05) is 60.4 Å². The molecule has 0 spiro atoms. The van der Waals surface area contributed by atoms with Gasteiger partial charge in [-0.25, -0.2) is 9.67 Å². The molecule has 1 amide bonds. The third-order valence-electron chi connectivity index (χ3n) is 4.90. The Labute approximate surface area is 198 Å². The first-order valence-electron chi connectivity index (χ1n) is 10.3. The maximum atomic E-state index is 13.3. The minimum atomic E-state index is -0.271. The van der Waals surface area contributed by atoms with Crippen molar-refractivity contribution in [2.75, 3.05) is 11.1 Å². The number of pyridine rings is 2. The zero-order chi connectivity index (χ0) is 22.6. The highest BCUT2D eigenvalue weighted by Crippen LogP contribution is 2.28. The summed E-state index contributed by atoms with van der Waals surface area (Å²) in [5, 5.41) is 16.8. The molecular formula is C23H19N7OS2. The van der Waals surface area contributed by atoms with Crippen molar-refractivity contribution in [1.29, 1.82) is 0 Å². The summed E-state index contributed by atoms with van der Waals surface area (Å²) in [6.45, 7) is 2.57. The summed E-state index contributed by atoms with van der Waals surface area (Å²) in [5.41, 5.74) is 3.78. The zero-order valence-corrected chi connectivity index (χ0v) is 19.3. The number of hydrogen-bond acceptors (Lipinski definition) is 8. The Morgan fingerprint density at radius 2 is 1.94 bits per heavy atom. The van der Waals surface area contributed by atoms with Crippen molar-refractivity contribution in [1.82, 2.24) is 29.9 Å². The van der Waals surface area contributed by atoms with Crippen molar-refractivity contribution in [2.24, 2.45) is 0 Å². The molecule has 4 aromatic heterocycles. The summed E-state index contributed by atoms with van der Waals surface area (Å²) in [5.74, 6) is 0.622. The summed E-state index contributed by atoms with van der Waals surface area (Å²) in [4.78, 5) is 22.2. The van der Waals surface area contributed by atoms with Crippen LogP contribution in [-0.2, 0) is 6.54 Å². The van der Waals surface area contributed by atoms with Gasteiger partial charge >= 0.3 is 0 Å². The summed E-state index contributed by atoms with van der Waals surface area (Å²) in [7, 11) is 0. The Morgan fingerprint density at radius 3 is 2.73 bits per heavy atom. The lowest BCUT2D eigenvalue weighted by Crippen LogP contribution is -2.13. The van der Waals surface area contributed by atoms with E-state index in [9.17, 15) is 4.79 Å². The van der Waals surface area contributed by atoms with E-state index < -0.39 is 0 Å². The standard InChI is InChI=1S/C23H19N7OS2/c1-2-32-23-29-28-22(33-23)27-21(31)17-12-19(16-6-4-3-5-7-16)26-20-18(17)13-25-30(20)14-15-8-10-24-11-9-15/h3-13H,2,14H2,1H3,(H,27,28,31). The molecule has 0 atom stereocenters. The quantitative estimate of drug-likeness (QED) is 0.269. The summed E-state index contributed by atoms with van der Waals surface area (Å²) < 4.78 is 2.62. The average molecular weight is 474 g/mol. The summed E-state index contributed by atoms with van der Waals surface area (Å²) in [6, 6.07) is 15.5. The van der Waals surface area contributed by atoms with Gasteiger partial charge in [0.05, 0.1) is 29.4 Å². The number of carbonyl (C=O) groups is 1. The van der Waals surface area contributed by atoms with Gasteiger partial charge in [0, 0.05) is 18.0 Å². The van der Waals surface area contributed by atoms with Crippen LogP contribution in [0.2, 0.25) is 0 Å². The topological polar surface area (TPSA) is 98.5 Å². The molecule has 164 valence electrons. The highest BCUT2D eigenvalue weighted by Gasteiger charge is 2.19. The molecule has 0 fully saturated rings. The first kappa shape index (κ1) is 21.2. The van der Waals surface area contributed by atoms with E-state index in [-0.39, 0.29) is 5.91 Å². The molecule has 0 radical (unpaired) electrons. The first-order valence-corrected chi connectivity index (χ1v) is 12.1. The minimum absolute atomic E-state index is 0.271. The smallest absolute Gasteiger partial charge is 0.258 e. The Morgan fingerprint density at radius 1 is 1.12 bits per heavy atom. The van der Waals surface area contributed by atoms with Crippen LogP contribution in [0.3, 0.4) is 0 Å². The molecular weight excluding hydrogens is 454 g/mol. The van der Waals surface area contributed by atoms with Crippen molar-refractivity contribution >= 4 is 45.2 Å². The number of fused-ring (bicyclic) bond motifs is 1. The van der Waals surface area contributed by atoms with Crippen LogP contribution in [0.15, 0.2) is 71.5 Å². The van der Waals surface area contributed by atoms with E-state index in [0.717, 1.165) is 21.2 Å². The molecule has 0 saturated heterocycles. The number of carbonyl (C=O) groups excluding carboxylic acids is 1. The van der Waals surface area contributed by atoms with Gasteiger partial charge in [-0.15, -0.1) is 10.2 Å². The van der Waals surface area contributed by atoms with E-state index >= 15 is 0 Å². The number of aromatic nitrogens is 6. The molecule has 5 aromatic rings. The number of nitrogens with zero attached hydrogens (tertiary/aromatic N) is 6. The number of benzene rings is 1. The Balaban J connectivity index is 1.56. The molecule has 5 rings (SSSR count). The number of thioether (sulfide) groups is 1. The van der Waals surface area contributed by atoms with Gasteiger partial charge in [-0.2, -0.15) is 5.10 Å². The van der Waals surface area contributed by atoms with Crippen molar-refractivity contribution < 1.29 is 4.79 Å². The SMILES string of the molecule is CCSc1nnc(NC(=O)c2cc(-c3ccccc3)nc3c2cnn3Cc2ccncc2)s1. The number of amides is 1. The predicted octanol–water partition coefficient (Wildman–Crippen LogP) is 4.76. The molecule has 33 heavy (non-hydrogen) atoms. The highest BCUT2D eigenvalue weighted by molar-refractivity contribution is 8.01. The number of anilines is 1. The van der Waals surface area contributed by atoms with Crippen LogP contribution in [-0.4, -0.2) is 41.6 Å². The van der Waals surface area contributed by atoms with Crippen LogP contribution in [0.25, 0.3) is 22.3 Å². The van der Waals surface area contributed by atoms with Gasteiger partial charge in [0.15, 0.2) is 9.99 Å². The second-order valence-corrected chi connectivity index (χ2v) is 9.56. The number of hydrogen-bond donors (Lipinski definition) is 1. The van der Waals surface area contributed by atoms with E-state index in [4.69, 9.17) is 4.98 Å². The van der Waals surface area contributed by atoms with E-state index in [2.05, 4.69) is 25.6 Å². The molecule has 1 aromatic carbocycles. The second kappa shape index (κ2) is 9.47. The van der Waals surface area contributed by atoms with Crippen LogP contribution in [0.4, 0.5) is 5.13 Å². The second-order valence-electron chi connectivity index (χ2n) is 7.08. The van der Waals surface area contributed by atoms with Crippen LogP contribution < -0.4 is 5.32 Å². The Hall–Kier alpha value is -3.63. The van der Waals surface area contributed by atoms with E-state index in [1.54, 1.807) is 41.1 Å². The van der Waals surface area contributed by atoms with Gasteiger partial charge < -0.3 is 0 Å². The van der Waals surface area contributed by atoms with E-state index in [1.807, 2.05) is 49.4 Å². The molecule has 10 heteroatoms. The maximum Gasteiger partial charge on any atom is 0.258 e. The van der Waals surface area contributed by atoms with Crippen LogP contribution in [0, 0.1) is 0 Å². The van der Waals surface area contributed by atoms with Crippen molar-refractivity contribution in [3.8, 4) is 11.3 Å². The fourth-order valence-corrected chi connectivity index (χ4v) is 5.02. The van der Waals surface area contributed by atoms with Crippen LogP contribution in [0.1, 0.15) is 22.8 Å². The highest BCUT2D eigenvalue weighted by atomic mass is 32.2. The third-order valence-corrected chi connectivity index (χ3v) is 6.75. The monoisotopic (exact) mass is 473 g/mol. The fourth-order valence-electron chi connectivity index (χ4n) is 3.38. The summed E-state index contributed by atoms with van der Waals surface area (Å²) in [6.07, 6.45) is 5.18. The zero-order valence-electron chi connectivity index (χ0n) is 17.7. The molecule has 0 unspecified atom stereocenters. The molecule has 4 heterocycles. The lowest BCUT2D eigenvalue weighted by molar-refractivity contribution is 0.102. The average Bonchev–Trinajstić information content (AvgIpc) is 3.47. The molecule has 0 saturated carbocycles. The molecule has 1 N–H and O–H groups in total. The first-order chi connectivity index (χ1) is 16.2. The Bertz CT molecular complexity index is 1400. The van der Waals surface area contributed by atoms with Gasteiger partial charge in [-0.05, 0) is 29.5 Å². The van der Waals surface area contributed by atoms with E-state index in [0.29, 0.717) is 34.0 Å². The lowest BCUT2D eigenvalue weighted by Gasteiger charge is -2.09. The largest absolute Gasteiger partial charge is 0.296 e. The maximum absolute atomic E-state index is 13.3. The van der Waals surface area contributed by atoms with Gasteiger partial charge in [0.2, 0.25) is 5.13 Å². The molecule has 0 aliphatic carbocycles. The van der Waals surface area contributed by atoms with Gasteiger partial charge in [0.1, 0.15) is 0 Å². The molecule has 8 nitrogen and oxygen atoms in total. The fraction of sp³-hybridized carbons (Fsp3) is 0.130. The molecule has 0 bridgehead atoms. The minimum Gasteiger partial charge on any atom is -0.296 e. The predicted molar refractivity (Wildman–Crippen MR) is 131 cm³/mol. The van der Waals surface area contributed by atoms with Crippen molar-refractivity contribution in [2.45, 2.75) is 17.8 Å². The van der Waals surface area contributed by atoms with E-state index in [1.165, 1.54) is 11.3 Å². The van der Waals surface area contributed by atoms with Gasteiger partial charge in [-0.3, -0.25) is 15.1 Å². The molecule has 0 aliphatic heterocycles. The summed E-state index contributed by atoms with van der Waals surface area (Å²) >= 11 is 2.95. The normalized spacial score (nSPS) is 11.1. The van der Waals surface area contributed by atoms with Crippen molar-refractivity contribution in [3.63, 3.8) is 0 Å². The number of nitrogens with one attached hydrogen (secondary N) is 1. The van der Waals surface area contributed by atoms with Crippen LogP contribution >= 0.6 is 23.1 Å². The Kier molecular flexibility index (Phi) is 6.09. The van der Waals surface area contributed by atoms with Gasteiger partial charge in [0.25, 0.3) is 5.91 Å². The van der Waals surface area contributed by atoms with Crippen molar-refractivity contribution in [3.05, 3.63) is 78.2 Å².